The van der Waals surface area contributed by atoms with Gasteiger partial charge in [-0.15, -0.1) is 0 Å². The fourth-order valence-electron chi connectivity index (χ4n) is 1.38. The highest BCUT2D eigenvalue weighted by Crippen LogP contribution is 2.16. The fraction of sp³-hybridized carbons (Fsp3) is 0.250. The first-order chi connectivity index (χ1) is 8.43. The summed E-state index contributed by atoms with van der Waals surface area (Å²) in [5, 5.41) is 8.50. The Morgan fingerprint density at radius 3 is 2.50 bits per heavy atom. The second-order valence-corrected chi connectivity index (χ2v) is 4.75. The van der Waals surface area contributed by atoms with Crippen molar-refractivity contribution in [2.75, 3.05) is 7.11 Å². The molecule has 0 aliphatic heterocycles. The van der Waals surface area contributed by atoms with Gasteiger partial charge in [0.25, 0.3) is 0 Å². The van der Waals surface area contributed by atoms with Crippen molar-refractivity contribution >= 4 is 40.3 Å². The molecule has 6 heteroatoms. The molecule has 1 N–H and O–H groups in total. The maximum Gasteiger partial charge on any atom is 0.337 e. The van der Waals surface area contributed by atoms with E-state index in [1.54, 1.807) is 18.2 Å². The number of halogens is 1. The zero-order valence-electron chi connectivity index (χ0n) is 9.60. The van der Waals surface area contributed by atoms with E-state index in [-0.39, 0.29) is 12.2 Å². The van der Waals surface area contributed by atoms with Crippen molar-refractivity contribution in [3.05, 3.63) is 32.9 Å². The van der Waals surface area contributed by atoms with Gasteiger partial charge >= 0.3 is 11.9 Å². The average molecular weight is 362 g/mol. The third kappa shape index (κ3) is 4.10. The largest absolute Gasteiger partial charge is 0.481 e. The predicted octanol–water partition coefficient (Wildman–Crippen LogP) is 1.66. The maximum absolute atomic E-state index is 11.4. The lowest BCUT2D eigenvalue weighted by atomic mass is 10.1. The minimum atomic E-state index is -1.14. The maximum atomic E-state index is 11.4. The highest BCUT2D eigenvalue weighted by atomic mass is 127. The molecule has 0 unspecified atom stereocenters. The van der Waals surface area contributed by atoms with Crippen LogP contribution in [0.2, 0.25) is 0 Å². The molecule has 0 bridgehead atoms. The third-order valence-electron chi connectivity index (χ3n) is 2.21. The van der Waals surface area contributed by atoms with Gasteiger partial charge in [0, 0.05) is 9.99 Å². The molecule has 0 heterocycles. The number of carboxylic acid groups (broad SMARTS) is 1. The number of benzene rings is 1. The molecule has 96 valence electrons. The van der Waals surface area contributed by atoms with Crippen LogP contribution in [0.4, 0.5) is 0 Å². The van der Waals surface area contributed by atoms with E-state index in [2.05, 4.69) is 4.74 Å². The number of methoxy groups -OCH3 is 1. The molecule has 0 amide bonds. The number of ketones is 1. The van der Waals surface area contributed by atoms with E-state index in [0.29, 0.717) is 11.1 Å². The molecule has 0 aliphatic rings. The van der Waals surface area contributed by atoms with Crippen LogP contribution in [0.25, 0.3) is 0 Å². The summed E-state index contributed by atoms with van der Waals surface area (Å²) in [5.41, 5.74) is 1.10. The topological polar surface area (TPSA) is 80.7 Å². The number of aliphatic carboxylic acids is 1. The molecule has 18 heavy (non-hydrogen) atoms. The quantitative estimate of drug-likeness (QED) is 0.490. The first-order valence-electron chi connectivity index (χ1n) is 5.04. The fourth-order valence-corrected chi connectivity index (χ4v) is 2.09. The molecule has 1 aromatic rings. The van der Waals surface area contributed by atoms with Crippen molar-refractivity contribution in [1.29, 1.82) is 0 Å². The van der Waals surface area contributed by atoms with E-state index in [9.17, 15) is 14.4 Å². The van der Waals surface area contributed by atoms with E-state index in [4.69, 9.17) is 5.11 Å². The van der Waals surface area contributed by atoms with E-state index in [0.717, 1.165) is 3.57 Å². The van der Waals surface area contributed by atoms with Crippen LogP contribution in [0.5, 0.6) is 0 Å². The molecule has 1 aromatic carbocycles. The first kappa shape index (κ1) is 14.6. The summed E-state index contributed by atoms with van der Waals surface area (Å²) < 4.78 is 5.31. The molecule has 0 aliphatic carbocycles. The normalized spacial score (nSPS) is 9.89. The van der Waals surface area contributed by atoms with Crippen LogP contribution >= 0.6 is 22.6 Å². The van der Waals surface area contributed by atoms with Gasteiger partial charge < -0.3 is 9.84 Å². The summed E-state index contributed by atoms with van der Waals surface area (Å²) in [4.78, 5) is 33.0. The van der Waals surface area contributed by atoms with Crippen LogP contribution in [0.3, 0.4) is 0 Å². The standard InChI is InChI=1S/C12H11IO5/c1-18-12(17)8-3-2-7(10(13)5-8)4-9(14)6-11(15)16/h2-3,5H,4,6H2,1H3,(H,15,16). The molecular formula is C12H11IO5. The Morgan fingerprint density at radius 2 is 2.00 bits per heavy atom. The van der Waals surface area contributed by atoms with E-state index in [1.165, 1.54) is 7.11 Å². The van der Waals surface area contributed by atoms with Crippen molar-refractivity contribution in [3.63, 3.8) is 0 Å². The predicted molar refractivity (Wildman–Crippen MR) is 71.5 cm³/mol. The van der Waals surface area contributed by atoms with Crippen LogP contribution in [0.15, 0.2) is 18.2 Å². The average Bonchev–Trinajstić information content (AvgIpc) is 2.29. The number of Topliss-reactive ketones (excluding diaryl/α,β-unsaturated/α-hetero) is 1. The van der Waals surface area contributed by atoms with Crippen LogP contribution < -0.4 is 0 Å². The molecular weight excluding hydrogens is 351 g/mol. The molecule has 0 aromatic heterocycles. The Bertz CT molecular complexity index is 495. The van der Waals surface area contributed by atoms with Crippen LogP contribution in [0.1, 0.15) is 22.3 Å². The first-order valence-corrected chi connectivity index (χ1v) is 6.12. The van der Waals surface area contributed by atoms with Gasteiger partial charge in [0.1, 0.15) is 12.2 Å². The molecule has 0 radical (unpaired) electrons. The molecule has 0 saturated heterocycles. The second-order valence-electron chi connectivity index (χ2n) is 3.58. The summed E-state index contributed by atoms with van der Waals surface area (Å²) in [5.74, 6) is -1.95. The summed E-state index contributed by atoms with van der Waals surface area (Å²) in [6.45, 7) is 0. The van der Waals surface area contributed by atoms with Crippen molar-refractivity contribution in [1.82, 2.24) is 0 Å². The number of carbonyl (C=O) groups excluding carboxylic acids is 2. The number of ether oxygens (including phenoxy) is 1. The number of hydrogen-bond donors (Lipinski definition) is 1. The van der Waals surface area contributed by atoms with E-state index in [1.807, 2.05) is 22.6 Å². The number of carbonyl (C=O) groups is 3. The lowest BCUT2D eigenvalue weighted by Crippen LogP contribution is -2.10. The number of carboxylic acids is 1. The Morgan fingerprint density at radius 1 is 1.33 bits per heavy atom. The Labute approximate surface area is 117 Å². The van der Waals surface area contributed by atoms with Gasteiger partial charge in [-0.2, -0.15) is 0 Å². The molecule has 0 atom stereocenters. The highest BCUT2D eigenvalue weighted by molar-refractivity contribution is 14.1. The van der Waals surface area contributed by atoms with Gasteiger partial charge in [0.15, 0.2) is 0 Å². The Kier molecular flexibility index (Phi) is 5.26. The van der Waals surface area contributed by atoms with Crippen molar-refractivity contribution in [2.24, 2.45) is 0 Å². The van der Waals surface area contributed by atoms with Crippen LogP contribution in [-0.2, 0) is 20.7 Å². The zero-order valence-corrected chi connectivity index (χ0v) is 11.8. The van der Waals surface area contributed by atoms with Gasteiger partial charge in [-0.05, 0) is 40.3 Å². The van der Waals surface area contributed by atoms with Crippen molar-refractivity contribution in [2.45, 2.75) is 12.8 Å². The SMILES string of the molecule is COC(=O)c1ccc(CC(=O)CC(=O)O)c(I)c1. The third-order valence-corrected chi connectivity index (χ3v) is 3.21. The molecule has 0 saturated carbocycles. The summed E-state index contributed by atoms with van der Waals surface area (Å²) >= 11 is 2.00. The van der Waals surface area contributed by atoms with Gasteiger partial charge in [-0.3, -0.25) is 9.59 Å². The Hall–Kier alpha value is -1.44. The van der Waals surface area contributed by atoms with Crippen LogP contribution in [-0.4, -0.2) is 29.9 Å². The molecule has 5 nitrogen and oxygen atoms in total. The molecule has 1 rings (SSSR count). The van der Waals surface area contributed by atoms with Crippen LogP contribution in [0, 0.1) is 3.57 Å². The molecule has 0 spiro atoms. The van der Waals surface area contributed by atoms with Gasteiger partial charge in [0.05, 0.1) is 12.7 Å². The lowest BCUT2D eigenvalue weighted by molar-refractivity contribution is -0.140. The number of rotatable bonds is 5. The zero-order chi connectivity index (χ0) is 13.7. The van der Waals surface area contributed by atoms with E-state index < -0.39 is 18.4 Å². The number of esters is 1. The minimum Gasteiger partial charge on any atom is -0.481 e. The second kappa shape index (κ2) is 6.48. The smallest absolute Gasteiger partial charge is 0.337 e. The van der Waals surface area contributed by atoms with Crippen molar-refractivity contribution in [3.8, 4) is 0 Å². The minimum absolute atomic E-state index is 0.0476. The van der Waals surface area contributed by atoms with Gasteiger partial charge in [0.2, 0.25) is 0 Å². The summed E-state index contributed by atoms with van der Waals surface area (Å²) in [7, 11) is 1.29. The lowest BCUT2D eigenvalue weighted by Gasteiger charge is -2.05. The molecule has 0 fully saturated rings. The highest BCUT2D eigenvalue weighted by Gasteiger charge is 2.13. The van der Waals surface area contributed by atoms with Gasteiger partial charge in [-0.25, -0.2) is 4.79 Å². The number of hydrogen-bond acceptors (Lipinski definition) is 4. The summed E-state index contributed by atoms with van der Waals surface area (Å²) in [6.07, 6.45) is -0.444. The van der Waals surface area contributed by atoms with Gasteiger partial charge in [-0.1, -0.05) is 6.07 Å². The monoisotopic (exact) mass is 362 g/mol. The Balaban J connectivity index is 2.83. The summed E-state index contributed by atoms with van der Waals surface area (Å²) in [6, 6.07) is 4.79. The van der Waals surface area contributed by atoms with E-state index >= 15 is 0 Å². The van der Waals surface area contributed by atoms with Crippen molar-refractivity contribution < 1.29 is 24.2 Å².